The molecule has 2 N–H and O–H groups in total. The summed E-state index contributed by atoms with van der Waals surface area (Å²) in [5, 5.41) is 0. The Hall–Kier alpha value is -1.55. The van der Waals surface area contributed by atoms with Crippen molar-refractivity contribution in [1.82, 2.24) is 4.90 Å². The van der Waals surface area contributed by atoms with E-state index >= 15 is 0 Å². The van der Waals surface area contributed by atoms with Crippen molar-refractivity contribution in [3.8, 4) is 0 Å². The number of nitrogens with zero attached hydrogens (tertiary/aromatic N) is 1. The Balaban J connectivity index is 1.91. The van der Waals surface area contributed by atoms with E-state index in [9.17, 15) is 4.79 Å². The Bertz CT molecular complexity index is 507. The molecule has 0 radical (unpaired) electrons. The molecule has 1 amide bonds. The van der Waals surface area contributed by atoms with Crippen LogP contribution in [0.1, 0.15) is 51.1 Å². The van der Waals surface area contributed by atoms with Crippen LogP contribution in [0.3, 0.4) is 0 Å². The monoisotopic (exact) mass is 288 g/mol. The minimum absolute atomic E-state index is 0.0227. The molecule has 1 heterocycles. The summed E-state index contributed by atoms with van der Waals surface area (Å²) in [6.45, 7) is 3.99. The second-order valence-corrected chi connectivity index (χ2v) is 6.76. The molecule has 4 nitrogen and oxygen atoms in total. The highest BCUT2D eigenvalue weighted by molar-refractivity contribution is 5.72. The highest BCUT2D eigenvalue weighted by Gasteiger charge is 2.51. The molecule has 1 saturated carbocycles. The SMILES string of the molecule is CC1(C)OC(=O)N(C2CCC(N)CC2)C1c1ccccc1. The molecule has 114 valence electrons. The van der Waals surface area contributed by atoms with Gasteiger partial charge in [-0.1, -0.05) is 30.3 Å². The maximum atomic E-state index is 12.4. The first-order valence-electron chi connectivity index (χ1n) is 7.81. The van der Waals surface area contributed by atoms with E-state index in [4.69, 9.17) is 10.5 Å². The molecule has 3 rings (SSSR count). The molecule has 1 aliphatic carbocycles. The van der Waals surface area contributed by atoms with Crippen molar-refractivity contribution < 1.29 is 9.53 Å². The zero-order chi connectivity index (χ0) is 15.0. The van der Waals surface area contributed by atoms with Crippen LogP contribution < -0.4 is 5.73 Å². The second kappa shape index (κ2) is 5.34. The first-order chi connectivity index (χ1) is 9.99. The van der Waals surface area contributed by atoms with Crippen LogP contribution in [-0.4, -0.2) is 28.7 Å². The van der Waals surface area contributed by atoms with Crippen molar-refractivity contribution in [3.63, 3.8) is 0 Å². The minimum atomic E-state index is -0.502. The van der Waals surface area contributed by atoms with Gasteiger partial charge in [-0.2, -0.15) is 0 Å². The van der Waals surface area contributed by atoms with E-state index in [2.05, 4.69) is 12.1 Å². The molecular formula is C17H24N2O2. The Morgan fingerprint density at radius 2 is 1.76 bits per heavy atom. The Kier molecular flexibility index (Phi) is 3.66. The van der Waals surface area contributed by atoms with E-state index in [1.807, 2.05) is 36.9 Å². The predicted molar refractivity (Wildman–Crippen MR) is 81.8 cm³/mol. The van der Waals surface area contributed by atoms with Gasteiger partial charge in [0.05, 0.1) is 6.04 Å². The maximum Gasteiger partial charge on any atom is 0.411 e. The van der Waals surface area contributed by atoms with E-state index in [0.717, 1.165) is 31.2 Å². The van der Waals surface area contributed by atoms with Crippen LogP contribution in [-0.2, 0) is 4.74 Å². The smallest absolute Gasteiger partial charge is 0.411 e. The number of rotatable bonds is 2. The molecule has 0 spiro atoms. The van der Waals surface area contributed by atoms with Crippen LogP contribution in [0.25, 0.3) is 0 Å². The van der Waals surface area contributed by atoms with Gasteiger partial charge in [-0.3, -0.25) is 4.90 Å². The van der Waals surface area contributed by atoms with Gasteiger partial charge in [-0.15, -0.1) is 0 Å². The van der Waals surface area contributed by atoms with Gasteiger partial charge in [0.2, 0.25) is 0 Å². The largest absolute Gasteiger partial charge is 0.441 e. The molecule has 1 aromatic rings. The zero-order valence-electron chi connectivity index (χ0n) is 12.8. The van der Waals surface area contributed by atoms with Gasteiger partial charge < -0.3 is 10.5 Å². The number of cyclic esters (lactones) is 1. The molecule has 0 bridgehead atoms. The lowest BCUT2D eigenvalue weighted by molar-refractivity contribution is 0.0664. The summed E-state index contributed by atoms with van der Waals surface area (Å²) in [6.07, 6.45) is 3.72. The first kappa shape index (κ1) is 14.4. The van der Waals surface area contributed by atoms with Crippen molar-refractivity contribution in [2.75, 3.05) is 0 Å². The average molecular weight is 288 g/mol. The number of hydrogen-bond donors (Lipinski definition) is 1. The number of amides is 1. The summed E-state index contributed by atoms with van der Waals surface area (Å²) in [7, 11) is 0. The van der Waals surface area contributed by atoms with E-state index in [1.165, 1.54) is 0 Å². The highest BCUT2D eigenvalue weighted by Crippen LogP contribution is 2.44. The molecule has 1 aromatic carbocycles. The van der Waals surface area contributed by atoms with Gasteiger partial charge >= 0.3 is 6.09 Å². The third-order valence-corrected chi connectivity index (χ3v) is 4.75. The molecule has 21 heavy (non-hydrogen) atoms. The average Bonchev–Trinajstić information content (AvgIpc) is 2.70. The van der Waals surface area contributed by atoms with Gasteiger partial charge in [0.15, 0.2) is 0 Å². The molecule has 4 heteroatoms. The Morgan fingerprint density at radius 1 is 1.14 bits per heavy atom. The molecule has 0 aromatic heterocycles. The van der Waals surface area contributed by atoms with E-state index in [-0.39, 0.29) is 24.2 Å². The van der Waals surface area contributed by atoms with Crippen LogP contribution in [0.5, 0.6) is 0 Å². The summed E-state index contributed by atoms with van der Waals surface area (Å²) < 4.78 is 5.66. The lowest BCUT2D eigenvalue weighted by atomic mass is 9.86. The third-order valence-electron chi connectivity index (χ3n) is 4.75. The number of ether oxygens (including phenoxy) is 1. The van der Waals surface area contributed by atoms with E-state index in [0.29, 0.717) is 0 Å². The maximum absolute atomic E-state index is 12.4. The van der Waals surface area contributed by atoms with Gasteiger partial charge in [-0.05, 0) is 45.1 Å². The van der Waals surface area contributed by atoms with Gasteiger partial charge in [-0.25, -0.2) is 4.79 Å². The van der Waals surface area contributed by atoms with Crippen LogP contribution in [0.15, 0.2) is 30.3 Å². The highest BCUT2D eigenvalue weighted by atomic mass is 16.6. The molecule has 2 aliphatic rings. The minimum Gasteiger partial charge on any atom is -0.441 e. The van der Waals surface area contributed by atoms with Crippen molar-refractivity contribution >= 4 is 6.09 Å². The summed E-state index contributed by atoms with van der Waals surface area (Å²) in [5.41, 5.74) is 6.63. The zero-order valence-corrected chi connectivity index (χ0v) is 12.8. The van der Waals surface area contributed by atoms with Crippen molar-refractivity contribution in [2.24, 2.45) is 5.73 Å². The molecular weight excluding hydrogens is 264 g/mol. The quantitative estimate of drug-likeness (QED) is 0.909. The number of carbonyl (C=O) groups excluding carboxylic acids is 1. The normalized spacial score (nSPS) is 32.0. The lowest BCUT2D eigenvalue weighted by Gasteiger charge is -2.37. The topological polar surface area (TPSA) is 55.6 Å². The second-order valence-electron chi connectivity index (χ2n) is 6.76. The number of hydrogen-bond acceptors (Lipinski definition) is 3. The van der Waals surface area contributed by atoms with Crippen molar-refractivity contribution in [1.29, 1.82) is 0 Å². The third kappa shape index (κ3) is 2.64. The number of nitrogens with two attached hydrogens (primary N) is 1. The molecule has 2 fully saturated rings. The molecule has 1 aliphatic heterocycles. The Morgan fingerprint density at radius 3 is 2.38 bits per heavy atom. The van der Waals surface area contributed by atoms with Crippen LogP contribution in [0.2, 0.25) is 0 Å². The fourth-order valence-corrected chi connectivity index (χ4v) is 3.71. The first-order valence-corrected chi connectivity index (χ1v) is 7.81. The van der Waals surface area contributed by atoms with Crippen molar-refractivity contribution in [2.45, 2.75) is 63.3 Å². The summed E-state index contributed by atoms with van der Waals surface area (Å²) >= 11 is 0. The standard InChI is InChI=1S/C17H24N2O2/c1-17(2)15(12-6-4-3-5-7-12)19(16(20)21-17)14-10-8-13(18)9-11-14/h3-7,13-15H,8-11,18H2,1-2H3. The molecule has 1 unspecified atom stereocenters. The van der Waals surface area contributed by atoms with E-state index in [1.54, 1.807) is 0 Å². The summed E-state index contributed by atoms with van der Waals surface area (Å²) in [4.78, 5) is 14.4. The number of benzene rings is 1. The fourth-order valence-electron chi connectivity index (χ4n) is 3.71. The van der Waals surface area contributed by atoms with Crippen LogP contribution in [0, 0.1) is 0 Å². The van der Waals surface area contributed by atoms with Gasteiger partial charge in [0.25, 0.3) is 0 Å². The van der Waals surface area contributed by atoms with Gasteiger partial charge in [0.1, 0.15) is 5.60 Å². The van der Waals surface area contributed by atoms with E-state index < -0.39 is 5.60 Å². The van der Waals surface area contributed by atoms with Crippen LogP contribution >= 0.6 is 0 Å². The summed E-state index contributed by atoms with van der Waals surface area (Å²) in [6, 6.07) is 10.7. The lowest BCUT2D eigenvalue weighted by Crippen LogP contribution is -2.44. The fraction of sp³-hybridized carbons (Fsp3) is 0.588. The number of carbonyl (C=O) groups is 1. The van der Waals surface area contributed by atoms with Gasteiger partial charge in [0, 0.05) is 12.1 Å². The molecule has 1 saturated heterocycles. The Labute approximate surface area is 126 Å². The van der Waals surface area contributed by atoms with Crippen molar-refractivity contribution in [3.05, 3.63) is 35.9 Å². The van der Waals surface area contributed by atoms with Crippen LogP contribution in [0.4, 0.5) is 4.79 Å². The predicted octanol–water partition coefficient (Wildman–Crippen LogP) is 3.23. The molecule has 1 atom stereocenters. The summed E-state index contributed by atoms with van der Waals surface area (Å²) in [5.74, 6) is 0.